The van der Waals surface area contributed by atoms with E-state index in [4.69, 9.17) is 21.1 Å². The molecule has 2 N–H and O–H groups in total. The molecule has 0 bridgehead atoms. The number of quaternary nitrogens is 1. The normalized spacial score (nSPS) is 16.7. The molecule has 1 heterocycles. The van der Waals surface area contributed by atoms with E-state index in [0.717, 1.165) is 12.0 Å². The standard InChI is InChI=1S/C20H21ClN2O4/c1-26-17-8-3-13(11-18(17)27-2)9-10-22-16-12-19(24)23(20(16)25)15-6-4-14(21)5-7-15/h3-8,11,16,22H,9-10,12H2,1-2H3/p+1/t16-/m1/s1. The lowest BCUT2D eigenvalue weighted by Gasteiger charge is -2.14. The minimum Gasteiger partial charge on any atom is -0.493 e. The average molecular weight is 390 g/mol. The second kappa shape index (κ2) is 8.41. The molecule has 0 aliphatic carbocycles. The topological polar surface area (TPSA) is 72.5 Å². The number of benzene rings is 2. The van der Waals surface area contributed by atoms with Crippen molar-refractivity contribution < 1.29 is 24.4 Å². The van der Waals surface area contributed by atoms with Crippen LogP contribution in [0.5, 0.6) is 11.5 Å². The van der Waals surface area contributed by atoms with Gasteiger partial charge in [0.15, 0.2) is 17.5 Å². The Morgan fingerprint density at radius 2 is 1.78 bits per heavy atom. The Morgan fingerprint density at radius 1 is 1.07 bits per heavy atom. The molecule has 2 aromatic rings. The number of hydrogen-bond acceptors (Lipinski definition) is 4. The number of methoxy groups -OCH3 is 2. The molecule has 0 saturated carbocycles. The molecule has 3 rings (SSSR count). The molecule has 6 nitrogen and oxygen atoms in total. The van der Waals surface area contributed by atoms with Crippen LogP contribution in [0.4, 0.5) is 5.69 Å². The van der Waals surface area contributed by atoms with Crippen LogP contribution >= 0.6 is 11.6 Å². The van der Waals surface area contributed by atoms with Crippen LogP contribution in [0.25, 0.3) is 0 Å². The number of carbonyl (C=O) groups is 2. The van der Waals surface area contributed by atoms with Gasteiger partial charge >= 0.3 is 0 Å². The van der Waals surface area contributed by atoms with Gasteiger partial charge < -0.3 is 14.8 Å². The van der Waals surface area contributed by atoms with Gasteiger partial charge in [0.1, 0.15) is 0 Å². The predicted molar refractivity (Wildman–Crippen MR) is 102 cm³/mol. The number of nitrogens with zero attached hydrogens (tertiary/aromatic N) is 1. The minimum absolute atomic E-state index is 0.185. The molecule has 0 unspecified atom stereocenters. The SMILES string of the molecule is COc1ccc(CC[NH2+][C@@H]2CC(=O)N(c3ccc(Cl)cc3)C2=O)cc1OC. The number of nitrogens with two attached hydrogens (primary N) is 1. The van der Waals surface area contributed by atoms with E-state index in [9.17, 15) is 9.59 Å². The zero-order chi connectivity index (χ0) is 19.4. The maximum absolute atomic E-state index is 12.6. The summed E-state index contributed by atoms with van der Waals surface area (Å²) in [5.41, 5.74) is 1.64. The molecule has 27 heavy (non-hydrogen) atoms. The van der Waals surface area contributed by atoms with Crippen molar-refractivity contribution in [3.63, 3.8) is 0 Å². The van der Waals surface area contributed by atoms with Gasteiger partial charge in [0.2, 0.25) is 5.91 Å². The van der Waals surface area contributed by atoms with Crippen molar-refractivity contribution in [1.29, 1.82) is 0 Å². The van der Waals surface area contributed by atoms with E-state index in [0.29, 0.717) is 28.8 Å². The zero-order valence-corrected chi connectivity index (χ0v) is 16.0. The van der Waals surface area contributed by atoms with Gasteiger partial charge in [-0.3, -0.25) is 9.59 Å². The summed E-state index contributed by atoms with van der Waals surface area (Å²) in [4.78, 5) is 26.2. The van der Waals surface area contributed by atoms with Crippen LogP contribution in [0.1, 0.15) is 12.0 Å². The van der Waals surface area contributed by atoms with Crippen LogP contribution in [-0.4, -0.2) is 38.6 Å². The molecule has 0 aromatic heterocycles. The monoisotopic (exact) mass is 389 g/mol. The first-order valence-corrected chi connectivity index (χ1v) is 9.08. The molecule has 0 radical (unpaired) electrons. The van der Waals surface area contributed by atoms with Crippen molar-refractivity contribution >= 4 is 29.1 Å². The van der Waals surface area contributed by atoms with Crippen LogP contribution in [0.15, 0.2) is 42.5 Å². The zero-order valence-electron chi connectivity index (χ0n) is 15.3. The molecule has 1 saturated heterocycles. The summed E-state index contributed by atoms with van der Waals surface area (Å²) >= 11 is 5.88. The molecule has 0 spiro atoms. The average Bonchev–Trinajstić information content (AvgIpc) is 2.96. The van der Waals surface area contributed by atoms with Gasteiger partial charge in [0.05, 0.1) is 32.9 Å². The highest BCUT2D eigenvalue weighted by Gasteiger charge is 2.42. The number of imide groups is 1. The smallest absolute Gasteiger partial charge is 0.292 e. The number of anilines is 1. The number of amides is 2. The van der Waals surface area contributed by atoms with Gasteiger partial charge in [-0.2, -0.15) is 0 Å². The van der Waals surface area contributed by atoms with Gasteiger partial charge in [-0.25, -0.2) is 4.90 Å². The summed E-state index contributed by atoms with van der Waals surface area (Å²) < 4.78 is 10.5. The molecular weight excluding hydrogens is 368 g/mol. The third-order valence-electron chi connectivity index (χ3n) is 4.60. The first-order valence-electron chi connectivity index (χ1n) is 8.70. The second-order valence-corrected chi connectivity index (χ2v) is 6.75. The van der Waals surface area contributed by atoms with Crippen LogP contribution < -0.4 is 19.7 Å². The van der Waals surface area contributed by atoms with Crippen LogP contribution in [0, 0.1) is 0 Å². The van der Waals surface area contributed by atoms with E-state index in [2.05, 4.69) is 0 Å². The molecule has 1 fully saturated rings. The summed E-state index contributed by atoms with van der Waals surface area (Å²) in [6.45, 7) is 0.688. The van der Waals surface area contributed by atoms with E-state index >= 15 is 0 Å². The summed E-state index contributed by atoms with van der Waals surface area (Å²) in [6.07, 6.45) is 0.951. The van der Waals surface area contributed by atoms with Gasteiger partial charge in [-0.1, -0.05) is 17.7 Å². The van der Waals surface area contributed by atoms with Crippen LogP contribution in [0.3, 0.4) is 0 Å². The van der Waals surface area contributed by atoms with Gasteiger partial charge in [0.25, 0.3) is 5.91 Å². The lowest BCUT2D eigenvalue weighted by Crippen LogP contribution is -2.92. The van der Waals surface area contributed by atoms with E-state index in [1.807, 2.05) is 23.5 Å². The molecule has 2 amide bonds. The number of ether oxygens (including phenoxy) is 2. The fraction of sp³-hybridized carbons (Fsp3) is 0.300. The highest BCUT2D eigenvalue weighted by Crippen LogP contribution is 2.27. The van der Waals surface area contributed by atoms with Crippen molar-refractivity contribution in [1.82, 2.24) is 0 Å². The van der Waals surface area contributed by atoms with Crippen molar-refractivity contribution in [3.8, 4) is 11.5 Å². The lowest BCUT2D eigenvalue weighted by atomic mass is 10.1. The Bertz CT molecular complexity index is 838. The molecular formula is C20H22ClN2O4+. The van der Waals surface area contributed by atoms with Crippen LogP contribution in [-0.2, 0) is 16.0 Å². The first-order chi connectivity index (χ1) is 13.0. The molecule has 7 heteroatoms. The Labute approximate surface area is 163 Å². The summed E-state index contributed by atoms with van der Waals surface area (Å²) in [5, 5.41) is 2.49. The third-order valence-corrected chi connectivity index (χ3v) is 4.85. The molecule has 1 aliphatic rings. The predicted octanol–water partition coefficient (Wildman–Crippen LogP) is 1.80. The van der Waals surface area contributed by atoms with E-state index < -0.39 is 6.04 Å². The van der Waals surface area contributed by atoms with Crippen LogP contribution in [0.2, 0.25) is 5.02 Å². The number of hydrogen-bond donors (Lipinski definition) is 1. The van der Waals surface area contributed by atoms with Crippen molar-refractivity contribution in [2.24, 2.45) is 0 Å². The Balaban J connectivity index is 1.60. The molecule has 1 atom stereocenters. The van der Waals surface area contributed by atoms with Crippen molar-refractivity contribution in [3.05, 3.63) is 53.1 Å². The Kier molecular flexibility index (Phi) is 5.98. The number of rotatable bonds is 7. The maximum atomic E-state index is 12.6. The maximum Gasteiger partial charge on any atom is 0.292 e. The molecule has 2 aromatic carbocycles. The van der Waals surface area contributed by atoms with Gasteiger partial charge in [-0.15, -0.1) is 0 Å². The van der Waals surface area contributed by atoms with E-state index in [1.165, 1.54) is 4.90 Å². The molecule has 1 aliphatic heterocycles. The fourth-order valence-corrected chi connectivity index (χ4v) is 3.31. The highest BCUT2D eigenvalue weighted by molar-refractivity contribution is 6.30. The fourth-order valence-electron chi connectivity index (χ4n) is 3.19. The minimum atomic E-state index is -0.395. The number of halogens is 1. The first kappa shape index (κ1) is 19.2. The Morgan fingerprint density at radius 3 is 2.44 bits per heavy atom. The summed E-state index contributed by atoms with van der Waals surface area (Å²) in [6, 6.07) is 12.1. The second-order valence-electron chi connectivity index (χ2n) is 6.32. The third kappa shape index (κ3) is 4.23. The summed E-state index contributed by atoms with van der Waals surface area (Å²) in [7, 11) is 3.20. The van der Waals surface area contributed by atoms with Gasteiger partial charge in [0, 0.05) is 11.4 Å². The Hall–Kier alpha value is -2.57. The quantitative estimate of drug-likeness (QED) is 0.733. The highest BCUT2D eigenvalue weighted by atomic mass is 35.5. The number of carbonyl (C=O) groups excluding carboxylic acids is 2. The van der Waals surface area contributed by atoms with E-state index in [1.54, 1.807) is 38.5 Å². The van der Waals surface area contributed by atoms with E-state index in [-0.39, 0.29) is 18.2 Å². The largest absolute Gasteiger partial charge is 0.493 e. The lowest BCUT2D eigenvalue weighted by molar-refractivity contribution is -0.674. The van der Waals surface area contributed by atoms with Crippen molar-refractivity contribution in [2.45, 2.75) is 18.9 Å². The van der Waals surface area contributed by atoms with Crippen molar-refractivity contribution in [2.75, 3.05) is 25.7 Å². The van der Waals surface area contributed by atoms with Gasteiger partial charge in [-0.05, 0) is 42.0 Å². The summed E-state index contributed by atoms with van der Waals surface area (Å²) in [5.74, 6) is 0.987. The molecule has 142 valence electrons.